The molecule has 0 N–H and O–H groups in total. The van der Waals surface area contributed by atoms with E-state index in [2.05, 4.69) is 9.80 Å². The van der Waals surface area contributed by atoms with E-state index in [-0.39, 0.29) is 0 Å². The Bertz CT molecular complexity index is 623. The molecule has 0 unspecified atom stereocenters. The van der Waals surface area contributed by atoms with E-state index in [9.17, 15) is 0 Å². The van der Waals surface area contributed by atoms with Crippen molar-refractivity contribution in [3.8, 4) is 0 Å². The van der Waals surface area contributed by atoms with Crippen molar-refractivity contribution >= 4 is 0 Å². The molecule has 33 heavy (non-hydrogen) atoms. The van der Waals surface area contributed by atoms with Gasteiger partial charge in [0.2, 0.25) is 0 Å². The third-order valence-electron chi connectivity index (χ3n) is 5.33. The highest BCUT2D eigenvalue weighted by atomic mass is 16.5. The van der Waals surface area contributed by atoms with E-state index in [1.165, 1.54) is 0 Å². The second-order valence-corrected chi connectivity index (χ2v) is 7.78. The van der Waals surface area contributed by atoms with Crippen LogP contribution in [0.4, 0.5) is 0 Å². The van der Waals surface area contributed by atoms with Gasteiger partial charge in [-0.3, -0.25) is 9.80 Å². The molecule has 1 aliphatic heterocycles. The van der Waals surface area contributed by atoms with Crippen LogP contribution in [0, 0.1) is 0 Å². The highest BCUT2D eigenvalue weighted by Gasteiger charge is 2.11. The van der Waals surface area contributed by atoms with Gasteiger partial charge in [-0.1, -0.05) is 0 Å². The molecule has 0 aliphatic carbocycles. The molecule has 9 heteroatoms. The van der Waals surface area contributed by atoms with E-state index in [0.29, 0.717) is 66.1 Å². The zero-order chi connectivity index (χ0) is 22.8. The van der Waals surface area contributed by atoms with Gasteiger partial charge in [-0.15, -0.1) is 0 Å². The average Bonchev–Trinajstić information content (AvgIpc) is 3.53. The van der Waals surface area contributed by atoms with Crippen molar-refractivity contribution in [2.75, 3.05) is 92.1 Å². The Morgan fingerprint density at radius 3 is 1.48 bits per heavy atom. The van der Waals surface area contributed by atoms with Crippen molar-refractivity contribution in [2.45, 2.75) is 13.2 Å². The Morgan fingerprint density at radius 1 is 0.606 bits per heavy atom. The summed E-state index contributed by atoms with van der Waals surface area (Å²) < 4.78 is 39.3. The van der Waals surface area contributed by atoms with Gasteiger partial charge in [-0.05, 0) is 24.3 Å². The molecular formula is C24H38N2O7. The minimum Gasteiger partial charge on any atom is -0.467 e. The van der Waals surface area contributed by atoms with Crippen LogP contribution in [-0.4, -0.2) is 102 Å². The average molecular weight is 467 g/mol. The fourth-order valence-electron chi connectivity index (χ4n) is 3.41. The summed E-state index contributed by atoms with van der Waals surface area (Å²) in [7, 11) is 0. The zero-order valence-corrected chi connectivity index (χ0v) is 19.5. The fourth-order valence-corrected chi connectivity index (χ4v) is 3.41. The highest BCUT2D eigenvalue weighted by molar-refractivity contribution is 4.96. The molecular weight excluding hydrogens is 428 g/mol. The smallest absolute Gasteiger partial charge is 0.129 e. The van der Waals surface area contributed by atoms with Gasteiger partial charge in [0.15, 0.2) is 0 Å². The van der Waals surface area contributed by atoms with Gasteiger partial charge >= 0.3 is 0 Å². The molecule has 0 amide bonds. The molecule has 9 nitrogen and oxygen atoms in total. The molecule has 1 saturated heterocycles. The molecule has 1 aliphatic rings. The fraction of sp³-hybridized carbons (Fsp3) is 0.667. The van der Waals surface area contributed by atoms with E-state index in [1.807, 2.05) is 24.3 Å². The predicted molar refractivity (Wildman–Crippen MR) is 122 cm³/mol. The Kier molecular flexibility index (Phi) is 13.2. The standard InChI is InChI=1S/C24H38N2O7/c1-3-23(32-11-1)21-30-15-9-25-5-6-26(10-16-31-22-24-4-2-12-33-24)8-14-28-18-20-29-19-17-27-13-7-25/h1-4,11-12H,5-10,13-22H2. The number of furan rings is 2. The van der Waals surface area contributed by atoms with Crippen molar-refractivity contribution in [2.24, 2.45) is 0 Å². The molecule has 2 aromatic rings. The third kappa shape index (κ3) is 11.8. The number of ether oxygens (including phenoxy) is 5. The number of nitrogens with zero attached hydrogens (tertiary/aromatic N) is 2. The van der Waals surface area contributed by atoms with Gasteiger partial charge in [0.05, 0.1) is 65.4 Å². The lowest BCUT2D eigenvalue weighted by molar-refractivity contribution is 0.00865. The van der Waals surface area contributed by atoms with Crippen molar-refractivity contribution in [1.29, 1.82) is 0 Å². The second-order valence-electron chi connectivity index (χ2n) is 7.78. The topological polar surface area (TPSA) is 78.9 Å². The molecule has 0 saturated carbocycles. The van der Waals surface area contributed by atoms with Crippen LogP contribution >= 0.6 is 0 Å². The Morgan fingerprint density at radius 2 is 1.06 bits per heavy atom. The Balaban J connectivity index is 1.42. The van der Waals surface area contributed by atoms with Crippen LogP contribution in [0.25, 0.3) is 0 Å². The molecule has 0 spiro atoms. The van der Waals surface area contributed by atoms with Crippen molar-refractivity contribution in [3.05, 3.63) is 48.3 Å². The molecule has 0 radical (unpaired) electrons. The van der Waals surface area contributed by atoms with Crippen molar-refractivity contribution in [1.82, 2.24) is 9.80 Å². The predicted octanol–water partition coefficient (Wildman–Crippen LogP) is 2.27. The van der Waals surface area contributed by atoms with Crippen LogP contribution in [0.2, 0.25) is 0 Å². The summed E-state index contributed by atoms with van der Waals surface area (Å²) >= 11 is 0. The Labute approximate surface area is 196 Å². The summed E-state index contributed by atoms with van der Waals surface area (Å²) in [5, 5.41) is 0. The first kappa shape index (κ1) is 25.9. The minimum atomic E-state index is 0.491. The molecule has 3 heterocycles. The highest BCUT2D eigenvalue weighted by Crippen LogP contribution is 2.04. The lowest BCUT2D eigenvalue weighted by Gasteiger charge is -2.27. The summed E-state index contributed by atoms with van der Waals surface area (Å²) in [5.41, 5.74) is 0. The van der Waals surface area contributed by atoms with E-state index in [0.717, 1.165) is 50.8 Å². The molecule has 1 fully saturated rings. The van der Waals surface area contributed by atoms with Crippen LogP contribution in [0.1, 0.15) is 11.5 Å². The zero-order valence-electron chi connectivity index (χ0n) is 19.5. The molecule has 0 aromatic carbocycles. The third-order valence-corrected chi connectivity index (χ3v) is 5.33. The maximum Gasteiger partial charge on any atom is 0.129 e. The lowest BCUT2D eigenvalue weighted by atomic mass is 10.4. The van der Waals surface area contributed by atoms with Crippen molar-refractivity contribution in [3.63, 3.8) is 0 Å². The molecule has 2 aromatic heterocycles. The first-order valence-electron chi connectivity index (χ1n) is 11.8. The molecule has 186 valence electrons. The van der Waals surface area contributed by atoms with E-state index in [1.54, 1.807) is 12.5 Å². The largest absolute Gasteiger partial charge is 0.467 e. The van der Waals surface area contributed by atoms with Gasteiger partial charge in [0.1, 0.15) is 24.7 Å². The van der Waals surface area contributed by atoms with E-state index in [4.69, 9.17) is 32.5 Å². The van der Waals surface area contributed by atoms with Gasteiger partial charge in [-0.2, -0.15) is 0 Å². The number of rotatable bonds is 10. The van der Waals surface area contributed by atoms with Gasteiger partial charge < -0.3 is 32.5 Å². The molecule has 3 rings (SSSR count). The summed E-state index contributed by atoms with van der Waals surface area (Å²) in [6, 6.07) is 7.60. The second kappa shape index (κ2) is 16.8. The van der Waals surface area contributed by atoms with Gasteiger partial charge in [-0.25, -0.2) is 0 Å². The summed E-state index contributed by atoms with van der Waals surface area (Å²) in [6.07, 6.45) is 3.33. The number of hydrogen-bond acceptors (Lipinski definition) is 9. The summed E-state index contributed by atoms with van der Waals surface area (Å²) in [5.74, 6) is 1.69. The summed E-state index contributed by atoms with van der Waals surface area (Å²) in [6.45, 7) is 11.2. The maximum absolute atomic E-state index is 5.79. The maximum atomic E-state index is 5.79. The first-order chi connectivity index (χ1) is 16.4. The van der Waals surface area contributed by atoms with Gasteiger partial charge in [0, 0.05) is 39.3 Å². The van der Waals surface area contributed by atoms with Crippen LogP contribution < -0.4 is 0 Å². The lowest BCUT2D eigenvalue weighted by Crippen LogP contribution is -2.40. The first-order valence-corrected chi connectivity index (χ1v) is 11.8. The quantitative estimate of drug-likeness (QED) is 0.490. The monoisotopic (exact) mass is 466 g/mol. The van der Waals surface area contributed by atoms with Crippen LogP contribution in [0.5, 0.6) is 0 Å². The van der Waals surface area contributed by atoms with E-state index >= 15 is 0 Å². The van der Waals surface area contributed by atoms with E-state index < -0.39 is 0 Å². The Hall–Kier alpha value is -1.72. The number of hydrogen-bond donors (Lipinski definition) is 0. The van der Waals surface area contributed by atoms with Crippen molar-refractivity contribution < 1.29 is 32.5 Å². The van der Waals surface area contributed by atoms with Crippen LogP contribution in [-0.2, 0) is 36.9 Å². The molecule has 0 atom stereocenters. The molecule has 0 bridgehead atoms. The van der Waals surface area contributed by atoms with Crippen LogP contribution in [0.3, 0.4) is 0 Å². The van der Waals surface area contributed by atoms with Crippen LogP contribution in [0.15, 0.2) is 45.6 Å². The normalized spacial score (nSPS) is 18.7. The van der Waals surface area contributed by atoms with Gasteiger partial charge in [0.25, 0.3) is 0 Å². The SMILES string of the molecule is c1coc(COCCN2CCOCCOCCOCCN(CCOCc3ccco3)CC2)c1. The minimum absolute atomic E-state index is 0.491. The summed E-state index contributed by atoms with van der Waals surface area (Å²) in [4.78, 5) is 4.75.